The van der Waals surface area contributed by atoms with E-state index in [9.17, 15) is 12.3 Å². The zero-order valence-electron chi connectivity index (χ0n) is 7.85. The summed E-state index contributed by atoms with van der Waals surface area (Å²) in [4.78, 5) is 1.69. The molecule has 0 spiro atoms. The van der Waals surface area contributed by atoms with Crippen molar-refractivity contribution in [2.24, 2.45) is 0 Å². The van der Waals surface area contributed by atoms with Crippen molar-refractivity contribution in [3.63, 3.8) is 0 Å². The van der Waals surface area contributed by atoms with E-state index in [1.807, 2.05) is 30.3 Å². The average molecular weight is 217 g/mol. The van der Waals surface area contributed by atoms with Crippen LogP contribution in [0.15, 0.2) is 30.3 Å². The first-order chi connectivity index (χ1) is 6.49. The minimum atomic E-state index is -4.37. The average Bonchev–Trinajstić information content (AvgIpc) is 2.14. The molecule has 0 heterocycles. The Morgan fingerprint density at radius 2 is 1.86 bits per heavy atom. The Kier molecular flexibility index (Phi) is 3.46. The van der Waals surface area contributed by atoms with Crippen molar-refractivity contribution in [3.8, 4) is 0 Å². The Balaban J connectivity index is 2.56. The molecule has 0 N–H and O–H groups in total. The quantitative estimate of drug-likeness (QED) is 0.716. The van der Waals surface area contributed by atoms with Crippen LogP contribution in [-0.2, 0) is 10.2 Å². The van der Waals surface area contributed by atoms with Gasteiger partial charge in [0.05, 0.1) is 5.75 Å². The molecule has 0 amide bonds. The van der Waals surface area contributed by atoms with Gasteiger partial charge in [-0.1, -0.05) is 18.2 Å². The fourth-order valence-electron chi connectivity index (χ4n) is 1.06. The molecule has 1 aromatic carbocycles. The van der Waals surface area contributed by atoms with Gasteiger partial charge >= 0.3 is 10.2 Å². The topological polar surface area (TPSA) is 37.4 Å². The van der Waals surface area contributed by atoms with Crippen LogP contribution in [0.4, 0.5) is 9.57 Å². The van der Waals surface area contributed by atoms with Gasteiger partial charge in [-0.15, -0.1) is 3.89 Å². The molecular formula is C9H12FNO2S. The molecule has 0 atom stereocenters. The van der Waals surface area contributed by atoms with Crippen molar-refractivity contribution in [2.75, 3.05) is 24.2 Å². The number of para-hydroxylation sites is 1. The summed E-state index contributed by atoms with van der Waals surface area (Å²) in [5, 5.41) is 0. The zero-order chi connectivity index (χ0) is 10.6. The molecule has 0 aliphatic carbocycles. The first-order valence-corrected chi connectivity index (χ1v) is 5.73. The molecule has 5 heteroatoms. The molecule has 0 fully saturated rings. The summed E-state index contributed by atoms with van der Waals surface area (Å²) < 4.78 is 32.8. The molecule has 1 aromatic rings. The van der Waals surface area contributed by atoms with Crippen molar-refractivity contribution in [2.45, 2.75) is 0 Å². The SMILES string of the molecule is CN(CCS(=O)(=O)F)c1ccccc1. The van der Waals surface area contributed by atoms with E-state index in [0.29, 0.717) is 0 Å². The summed E-state index contributed by atoms with van der Waals surface area (Å²) in [6.07, 6.45) is 0. The largest absolute Gasteiger partial charge is 0.373 e. The molecule has 0 saturated heterocycles. The predicted molar refractivity (Wildman–Crippen MR) is 54.6 cm³/mol. The van der Waals surface area contributed by atoms with Gasteiger partial charge in [0.1, 0.15) is 0 Å². The third-order valence-corrected chi connectivity index (χ3v) is 2.54. The molecular weight excluding hydrogens is 205 g/mol. The monoisotopic (exact) mass is 217 g/mol. The Labute approximate surface area is 83.4 Å². The summed E-state index contributed by atoms with van der Waals surface area (Å²) in [5.74, 6) is -0.474. The van der Waals surface area contributed by atoms with Crippen LogP contribution in [-0.4, -0.2) is 27.8 Å². The lowest BCUT2D eigenvalue weighted by atomic mass is 10.3. The fourth-order valence-corrected chi connectivity index (χ4v) is 1.55. The highest BCUT2D eigenvalue weighted by Gasteiger charge is 2.09. The highest BCUT2D eigenvalue weighted by molar-refractivity contribution is 7.86. The number of rotatable bonds is 4. The summed E-state index contributed by atoms with van der Waals surface area (Å²) in [6.45, 7) is 0.156. The van der Waals surface area contributed by atoms with Gasteiger partial charge < -0.3 is 4.90 Å². The molecule has 0 bridgehead atoms. The molecule has 78 valence electrons. The van der Waals surface area contributed by atoms with Crippen LogP contribution in [0.25, 0.3) is 0 Å². The van der Waals surface area contributed by atoms with Gasteiger partial charge in [0.15, 0.2) is 0 Å². The highest BCUT2D eigenvalue weighted by atomic mass is 32.3. The standard InChI is InChI=1S/C9H12FNO2S/c1-11(7-8-14(10,12)13)9-5-3-2-4-6-9/h2-6H,7-8H2,1H3. The number of hydrogen-bond acceptors (Lipinski definition) is 3. The smallest absolute Gasteiger partial charge is 0.304 e. The van der Waals surface area contributed by atoms with Crippen LogP contribution in [0.3, 0.4) is 0 Å². The fraction of sp³-hybridized carbons (Fsp3) is 0.333. The van der Waals surface area contributed by atoms with E-state index in [-0.39, 0.29) is 6.54 Å². The number of hydrogen-bond donors (Lipinski definition) is 0. The van der Waals surface area contributed by atoms with Gasteiger partial charge in [0, 0.05) is 19.3 Å². The van der Waals surface area contributed by atoms with E-state index >= 15 is 0 Å². The van der Waals surface area contributed by atoms with Crippen LogP contribution in [0, 0.1) is 0 Å². The maximum absolute atomic E-state index is 12.2. The summed E-state index contributed by atoms with van der Waals surface area (Å²) in [6, 6.07) is 9.23. The predicted octanol–water partition coefficient (Wildman–Crippen LogP) is 1.42. The first-order valence-electron chi connectivity index (χ1n) is 4.17. The second kappa shape index (κ2) is 4.41. The minimum Gasteiger partial charge on any atom is -0.373 e. The highest BCUT2D eigenvalue weighted by Crippen LogP contribution is 2.10. The van der Waals surface area contributed by atoms with Crippen LogP contribution in [0.5, 0.6) is 0 Å². The molecule has 0 aromatic heterocycles. The van der Waals surface area contributed by atoms with Crippen molar-refractivity contribution >= 4 is 15.9 Å². The minimum absolute atomic E-state index is 0.156. The van der Waals surface area contributed by atoms with Crippen LogP contribution < -0.4 is 4.90 Å². The van der Waals surface area contributed by atoms with Gasteiger partial charge in [-0.05, 0) is 12.1 Å². The Morgan fingerprint density at radius 1 is 1.29 bits per heavy atom. The van der Waals surface area contributed by atoms with E-state index in [4.69, 9.17) is 0 Å². The van der Waals surface area contributed by atoms with E-state index in [2.05, 4.69) is 0 Å². The van der Waals surface area contributed by atoms with Gasteiger partial charge in [0.25, 0.3) is 0 Å². The van der Waals surface area contributed by atoms with E-state index in [1.165, 1.54) is 0 Å². The van der Waals surface area contributed by atoms with Crippen molar-refractivity contribution in [3.05, 3.63) is 30.3 Å². The molecule has 14 heavy (non-hydrogen) atoms. The molecule has 0 saturated carbocycles. The lowest BCUT2D eigenvalue weighted by molar-refractivity contribution is 0.551. The van der Waals surface area contributed by atoms with Gasteiger partial charge in [0.2, 0.25) is 0 Å². The molecule has 0 aliphatic rings. The Bertz CT molecular complexity index is 377. The third-order valence-electron chi connectivity index (χ3n) is 1.87. The summed E-state index contributed by atoms with van der Waals surface area (Å²) >= 11 is 0. The Hall–Kier alpha value is -1.10. The molecule has 0 unspecified atom stereocenters. The summed E-state index contributed by atoms with van der Waals surface area (Å²) in [5.41, 5.74) is 0.871. The molecule has 3 nitrogen and oxygen atoms in total. The maximum Gasteiger partial charge on any atom is 0.304 e. The maximum atomic E-state index is 12.2. The number of halogens is 1. The van der Waals surface area contributed by atoms with Crippen molar-refractivity contribution in [1.82, 2.24) is 0 Å². The second-order valence-electron chi connectivity index (χ2n) is 3.00. The normalized spacial score (nSPS) is 11.3. The second-order valence-corrected chi connectivity index (χ2v) is 4.49. The van der Waals surface area contributed by atoms with Crippen LogP contribution in [0.2, 0.25) is 0 Å². The van der Waals surface area contributed by atoms with Crippen LogP contribution in [0.1, 0.15) is 0 Å². The zero-order valence-corrected chi connectivity index (χ0v) is 8.67. The van der Waals surface area contributed by atoms with Gasteiger partial charge in [-0.25, -0.2) is 0 Å². The number of benzene rings is 1. The van der Waals surface area contributed by atoms with Crippen LogP contribution >= 0.6 is 0 Å². The van der Waals surface area contributed by atoms with E-state index in [1.54, 1.807) is 11.9 Å². The Morgan fingerprint density at radius 3 is 2.36 bits per heavy atom. The van der Waals surface area contributed by atoms with Gasteiger partial charge in [-0.3, -0.25) is 0 Å². The number of nitrogens with zero attached hydrogens (tertiary/aromatic N) is 1. The van der Waals surface area contributed by atoms with Crippen molar-refractivity contribution < 1.29 is 12.3 Å². The van der Waals surface area contributed by atoms with E-state index in [0.717, 1.165) is 5.69 Å². The molecule has 0 radical (unpaired) electrons. The lowest BCUT2D eigenvalue weighted by Crippen LogP contribution is -2.23. The third kappa shape index (κ3) is 3.74. The molecule has 1 rings (SSSR count). The molecule has 0 aliphatic heterocycles. The number of anilines is 1. The summed E-state index contributed by atoms with van der Waals surface area (Å²) in [7, 11) is -2.65. The van der Waals surface area contributed by atoms with E-state index < -0.39 is 16.0 Å². The van der Waals surface area contributed by atoms with Crippen molar-refractivity contribution in [1.29, 1.82) is 0 Å². The first kappa shape index (κ1) is 11.0. The van der Waals surface area contributed by atoms with Gasteiger partial charge in [-0.2, -0.15) is 8.42 Å². The lowest BCUT2D eigenvalue weighted by Gasteiger charge is -2.17.